The first-order valence-corrected chi connectivity index (χ1v) is 12.8. The molecule has 0 saturated carbocycles. The van der Waals surface area contributed by atoms with Gasteiger partial charge in [0.15, 0.2) is 18.5 Å². The second kappa shape index (κ2) is 14.9. The van der Waals surface area contributed by atoms with Crippen LogP contribution < -0.4 is 4.74 Å². The van der Waals surface area contributed by atoms with Gasteiger partial charge in [0.05, 0.1) is 19.8 Å². The van der Waals surface area contributed by atoms with Crippen molar-refractivity contribution in [2.75, 3.05) is 19.8 Å². The van der Waals surface area contributed by atoms with Gasteiger partial charge in [0.1, 0.15) is 5.75 Å². The molecule has 204 valence electrons. The summed E-state index contributed by atoms with van der Waals surface area (Å²) in [7, 11) is 0. The lowest BCUT2D eigenvalue weighted by molar-refractivity contribution is -0.160. The maximum Gasteiger partial charge on any atom is 0.338 e. The van der Waals surface area contributed by atoms with Crippen LogP contribution in [0.2, 0.25) is 0 Å². The average Bonchev–Trinajstić information content (AvgIpc) is 3.39. The zero-order valence-electron chi connectivity index (χ0n) is 21.5. The molecule has 0 spiro atoms. The van der Waals surface area contributed by atoms with Crippen molar-refractivity contribution in [1.29, 1.82) is 0 Å². The van der Waals surface area contributed by atoms with Gasteiger partial charge in [-0.25, -0.2) is 14.4 Å². The van der Waals surface area contributed by atoms with Gasteiger partial charge >= 0.3 is 17.9 Å². The van der Waals surface area contributed by atoms with E-state index in [9.17, 15) is 19.5 Å². The number of hydrogen-bond acceptors (Lipinski definition) is 8. The summed E-state index contributed by atoms with van der Waals surface area (Å²) < 4.78 is 26.9. The van der Waals surface area contributed by atoms with E-state index in [0.29, 0.717) is 25.2 Å². The minimum Gasteiger partial charge on any atom is -0.494 e. The van der Waals surface area contributed by atoms with Gasteiger partial charge in [0.25, 0.3) is 0 Å². The van der Waals surface area contributed by atoms with Gasteiger partial charge < -0.3 is 28.8 Å². The summed E-state index contributed by atoms with van der Waals surface area (Å²) in [5.74, 6) is -1.64. The summed E-state index contributed by atoms with van der Waals surface area (Å²) in [5, 5.41) is 9.43. The van der Waals surface area contributed by atoms with E-state index in [0.717, 1.165) is 48.6 Å². The molecule has 0 amide bonds. The summed E-state index contributed by atoms with van der Waals surface area (Å²) in [6.45, 7) is 6.40. The highest BCUT2D eigenvalue weighted by atomic mass is 16.7. The molecule has 1 aliphatic rings. The summed E-state index contributed by atoms with van der Waals surface area (Å²) in [6.07, 6.45) is 1.71. The van der Waals surface area contributed by atoms with E-state index < -0.39 is 36.4 Å². The van der Waals surface area contributed by atoms with Crippen LogP contribution in [0.1, 0.15) is 50.9 Å². The Kier molecular flexibility index (Phi) is 11.3. The summed E-state index contributed by atoms with van der Waals surface area (Å²) in [5.41, 5.74) is 2.53. The molecule has 3 atom stereocenters. The van der Waals surface area contributed by atoms with Crippen molar-refractivity contribution in [3.8, 4) is 16.9 Å². The summed E-state index contributed by atoms with van der Waals surface area (Å²) in [4.78, 5) is 34.7. The number of aliphatic carboxylic acids is 1. The molecule has 38 heavy (non-hydrogen) atoms. The van der Waals surface area contributed by atoms with Crippen LogP contribution in [0.25, 0.3) is 11.1 Å². The second-order valence-electron chi connectivity index (χ2n) is 8.73. The molecule has 0 aromatic heterocycles. The van der Waals surface area contributed by atoms with Gasteiger partial charge in [-0.2, -0.15) is 0 Å². The van der Waals surface area contributed by atoms with Crippen molar-refractivity contribution >= 4 is 17.9 Å². The van der Waals surface area contributed by atoms with Gasteiger partial charge in [-0.05, 0) is 55.4 Å². The Morgan fingerprint density at radius 2 is 1.45 bits per heavy atom. The third-order valence-corrected chi connectivity index (χ3v) is 5.83. The van der Waals surface area contributed by atoms with Crippen molar-refractivity contribution in [2.45, 2.75) is 57.5 Å². The fourth-order valence-electron chi connectivity index (χ4n) is 3.81. The molecule has 0 aliphatic carbocycles. The average molecular weight is 527 g/mol. The predicted octanol–water partition coefficient (Wildman–Crippen LogP) is 4.84. The van der Waals surface area contributed by atoms with E-state index in [2.05, 4.69) is 6.58 Å². The number of esters is 2. The van der Waals surface area contributed by atoms with Crippen LogP contribution in [0.3, 0.4) is 0 Å². The molecule has 1 heterocycles. The minimum atomic E-state index is -1.43. The Balaban J connectivity index is 1.46. The highest BCUT2D eigenvalue weighted by Crippen LogP contribution is 2.33. The van der Waals surface area contributed by atoms with Gasteiger partial charge in [-0.3, -0.25) is 0 Å². The summed E-state index contributed by atoms with van der Waals surface area (Å²) in [6, 6.07) is 15.0. The normalized spacial score (nSPS) is 18.5. The Morgan fingerprint density at radius 1 is 0.842 bits per heavy atom. The maximum atomic E-state index is 12.2. The van der Waals surface area contributed by atoms with Crippen LogP contribution in [0.4, 0.5) is 0 Å². The number of hydrogen-bond donors (Lipinski definition) is 1. The van der Waals surface area contributed by atoms with Gasteiger partial charge in [0.2, 0.25) is 0 Å². The number of carboxylic acids is 1. The third kappa shape index (κ3) is 8.43. The van der Waals surface area contributed by atoms with E-state index in [-0.39, 0.29) is 6.61 Å². The first-order valence-electron chi connectivity index (χ1n) is 12.8. The Hall–Kier alpha value is -3.69. The predicted molar refractivity (Wildman–Crippen MR) is 138 cm³/mol. The topological polar surface area (TPSA) is 118 Å². The number of unbranched alkanes of at least 4 members (excludes halogenated alkanes) is 3. The van der Waals surface area contributed by atoms with Crippen molar-refractivity contribution in [3.05, 3.63) is 66.7 Å². The number of rotatable bonds is 15. The van der Waals surface area contributed by atoms with E-state index in [4.69, 9.17) is 23.7 Å². The standard InChI is InChI=1S/C29H34O9/c1-3-17-36-28(33)26-25(27(31)32)37-29(38-26)22-11-9-20(10-12-22)21-13-15-23(16-14-21)34-18-7-5-6-8-19-35-24(30)4-2/h4,9-16,25-26,29H,2-3,5-8,17-19H2,1H3,(H,31,32)/t25-,26-,29?/m1/s1. The fourth-order valence-corrected chi connectivity index (χ4v) is 3.81. The highest BCUT2D eigenvalue weighted by molar-refractivity contribution is 5.85. The zero-order chi connectivity index (χ0) is 27.3. The van der Waals surface area contributed by atoms with Crippen molar-refractivity contribution < 1.29 is 43.2 Å². The number of carboxylic acid groups (broad SMARTS) is 1. The number of ether oxygens (including phenoxy) is 5. The van der Waals surface area contributed by atoms with Crippen molar-refractivity contribution in [3.63, 3.8) is 0 Å². The molecular weight excluding hydrogens is 492 g/mol. The Bertz CT molecular complexity index is 1060. The van der Waals surface area contributed by atoms with Crippen LogP contribution >= 0.6 is 0 Å². The lowest BCUT2D eigenvalue weighted by Crippen LogP contribution is -2.38. The molecule has 1 saturated heterocycles. The second-order valence-corrected chi connectivity index (χ2v) is 8.73. The minimum absolute atomic E-state index is 0.185. The van der Waals surface area contributed by atoms with E-state index in [1.54, 1.807) is 12.1 Å². The monoisotopic (exact) mass is 526 g/mol. The molecule has 0 bridgehead atoms. The lowest BCUT2D eigenvalue weighted by atomic mass is 10.0. The lowest BCUT2D eigenvalue weighted by Gasteiger charge is -2.12. The van der Waals surface area contributed by atoms with Crippen LogP contribution in [0.5, 0.6) is 5.75 Å². The Labute approximate surface area is 222 Å². The molecule has 1 N–H and O–H groups in total. The van der Waals surface area contributed by atoms with Crippen LogP contribution in [-0.4, -0.2) is 55.0 Å². The number of carbonyl (C=O) groups excluding carboxylic acids is 2. The van der Waals surface area contributed by atoms with Gasteiger partial charge in [0, 0.05) is 11.6 Å². The molecule has 3 rings (SSSR count). The highest BCUT2D eigenvalue weighted by Gasteiger charge is 2.46. The number of carbonyl (C=O) groups is 3. The third-order valence-electron chi connectivity index (χ3n) is 5.83. The van der Waals surface area contributed by atoms with Gasteiger partial charge in [-0.1, -0.05) is 49.9 Å². The van der Waals surface area contributed by atoms with E-state index in [1.165, 1.54) is 0 Å². The number of benzene rings is 2. The van der Waals surface area contributed by atoms with Gasteiger partial charge in [-0.15, -0.1) is 0 Å². The van der Waals surface area contributed by atoms with Crippen molar-refractivity contribution in [1.82, 2.24) is 0 Å². The van der Waals surface area contributed by atoms with Crippen LogP contribution in [-0.2, 0) is 33.3 Å². The first-order chi connectivity index (χ1) is 18.4. The summed E-state index contributed by atoms with van der Waals surface area (Å²) >= 11 is 0. The quantitative estimate of drug-likeness (QED) is 0.198. The molecule has 1 unspecified atom stereocenters. The molecule has 2 aromatic rings. The van der Waals surface area contributed by atoms with Crippen LogP contribution in [0.15, 0.2) is 61.2 Å². The molecule has 1 aliphatic heterocycles. The molecule has 9 heteroatoms. The molecular formula is C29H34O9. The van der Waals surface area contributed by atoms with E-state index in [1.807, 2.05) is 43.3 Å². The van der Waals surface area contributed by atoms with E-state index >= 15 is 0 Å². The molecule has 9 nitrogen and oxygen atoms in total. The Morgan fingerprint density at radius 3 is 2.05 bits per heavy atom. The first kappa shape index (κ1) is 28.9. The molecule has 0 radical (unpaired) electrons. The van der Waals surface area contributed by atoms with Crippen LogP contribution in [0, 0.1) is 0 Å². The molecule has 2 aromatic carbocycles. The van der Waals surface area contributed by atoms with Crippen molar-refractivity contribution in [2.24, 2.45) is 0 Å². The largest absolute Gasteiger partial charge is 0.494 e. The fraction of sp³-hybridized carbons (Fsp3) is 0.414. The zero-order valence-corrected chi connectivity index (χ0v) is 21.5. The molecule has 1 fully saturated rings. The smallest absolute Gasteiger partial charge is 0.338 e. The SMILES string of the molecule is C=CC(=O)OCCCCCCOc1ccc(-c2ccc(C3O[C@@H](C(=O)O)[C@H](C(=O)OCCC)O3)cc2)cc1. The maximum absolute atomic E-state index is 12.2.